The van der Waals surface area contributed by atoms with Crippen molar-refractivity contribution in [2.45, 2.75) is 50.1 Å². The zero-order chi connectivity index (χ0) is 14.2. The summed E-state index contributed by atoms with van der Waals surface area (Å²) >= 11 is 0. The van der Waals surface area contributed by atoms with E-state index in [9.17, 15) is 27.2 Å². The van der Waals surface area contributed by atoms with E-state index in [1.165, 1.54) is 6.92 Å². The molecule has 1 aliphatic carbocycles. The van der Waals surface area contributed by atoms with Crippen molar-refractivity contribution in [1.29, 1.82) is 0 Å². The fraction of sp³-hybridized carbons (Fsp3) is 0.800. The number of hydrogen-bond donors (Lipinski definition) is 1. The van der Waals surface area contributed by atoms with Crippen LogP contribution in [-0.2, 0) is 14.3 Å². The van der Waals surface area contributed by atoms with E-state index >= 15 is 0 Å². The summed E-state index contributed by atoms with van der Waals surface area (Å²) in [6, 6.07) is 0. The van der Waals surface area contributed by atoms with E-state index in [0.29, 0.717) is 12.8 Å². The molecule has 104 valence electrons. The Hall–Kier alpha value is -1.34. The number of rotatable bonds is 4. The molecule has 0 amide bonds. The van der Waals surface area contributed by atoms with Crippen LogP contribution >= 0.6 is 0 Å². The van der Waals surface area contributed by atoms with Gasteiger partial charge in [-0.15, -0.1) is 0 Å². The first-order valence-corrected chi connectivity index (χ1v) is 5.25. The lowest BCUT2D eigenvalue weighted by Gasteiger charge is -2.28. The maximum atomic E-state index is 13.1. The molecule has 0 saturated heterocycles. The number of alkyl halides is 4. The molecular weight excluding hydrogens is 260 g/mol. The van der Waals surface area contributed by atoms with Gasteiger partial charge < -0.3 is 9.84 Å². The maximum Gasteiger partial charge on any atom is 0.415 e. The molecule has 0 heterocycles. The van der Waals surface area contributed by atoms with Gasteiger partial charge in [0.15, 0.2) is 0 Å². The molecule has 0 aromatic carbocycles. The van der Waals surface area contributed by atoms with Crippen molar-refractivity contribution < 1.29 is 37.0 Å². The zero-order valence-electron chi connectivity index (χ0n) is 9.51. The van der Waals surface area contributed by atoms with Crippen LogP contribution in [0.1, 0.15) is 32.6 Å². The highest BCUT2D eigenvalue weighted by Gasteiger charge is 2.69. The molecule has 0 atom stereocenters. The number of hydrogen-bond acceptors (Lipinski definition) is 3. The van der Waals surface area contributed by atoms with Crippen molar-refractivity contribution in [3.05, 3.63) is 0 Å². The monoisotopic (exact) mass is 272 g/mol. The summed E-state index contributed by atoms with van der Waals surface area (Å²) in [5, 5.41) is 8.01. The fourth-order valence-electron chi connectivity index (χ4n) is 1.78. The van der Waals surface area contributed by atoms with E-state index in [0.717, 1.165) is 0 Å². The maximum absolute atomic E-state index is 13.1. The van der Waals surface area contributed by atoms with Crippen molar-refractivity contribution in [3.63, 3.8) is 0 Å². The molecule has 1 saturated carbocycles. The van der Waals surface area contributed by atoms with Gasteiger partial charge in [-0.25, -0.2) is 9.59 Å². The van der Waals surface area contributed by atoms with Gasteiger partial charge in [-0.2, -0.15) is 17.6 Å². The average molecular weight is 272 g/mol. The van der Waals surface area contributed by atoms with Gasteiger partial charge in [0, 0.05) is 0 Å². The highest BCUT2D eigenvalue weighted by Crippen LogP contribution is 2.39. The second-order valence-electron chi connectivity index (χ2n) is 4.50. The SMILES string of the molecule is CC1(OC(=O)C(F)(F)C(F)(F)C(=O)O)CCCC1. The van der Waals surface area contributed by atoms with Crippen LogP contribution in [0.4, 0.5) is 17.6 Å². The minimum atomic E-state index is -5.49. The Bertz CT molecular complexity index is 361. The molecule has 1 aliphatic rings. The van der Waals surface area contributed by atoms with Crippen LogP contribution < -0.4 is 0 Å². The third-order valence-electron chi connectivity index (χ3n) is 2.92. The van der Waals surface area contributed by atoms with Gasteiger partial charge in [0.1, 0.15) is 5.60 Å². The quantitative estimate of drug-likeness (QED) is 0.629. The average Bonchev–Trinajstić information content (AvgIpc) is 2.64. The van der Waals surface area contributed by atoms with Crippen LogP contribution in [0, 0.1) is 0 Å². The van der Waals surface area contributed by atoms with E-state index in [-0.39, 0.29) is 12.8 Å². The van der Waals surface area contributed by atoms with Gasteiger partial charge in [0.05, 0.1) is 0 Å². The van der Waals surface area contributed by atoms with E-state index in [2.05, 4.69) is 4.74 Å². The number of carbonyl (C=O) groups is 2. The van der Waals surface area contributed by atoms with Crippen LogP contribution in [0.2, 0.25) is 0 Å². The predicted octanol–water partition coefficient (Wildman–Crippen LogP) is 2.22. The van der Waals surface area contributed by atoms with E-state index in [4.69, 9.17) is 5.11 Å². The van der Waals surface area contributed by atoms with Crippen molar-refractivity contribution >= 4 is 11.9 Å². The van der Waals surface area contributed by atoms with Crippen LogP contribution in [0.15, 0.2) is 0 Å². The fourth-order valence-corrected chi connectivity index (χ4v) is 1.78. The summed E-state index contributed by atoms with van der Waals surface area (Å²) in [6.07, 6.45) is 1.83. The molecule has 18 heavy (non-hydrogen) atoms. The summed E-state index contributed by atoms with van der Waals surface area (Å²) in [5.74, 6) is -16.4. The topological polar surface area (TPSA) is 63.6 Å². The number of carboxylic acids is 1. The lowest BCUT2D eigenvalue weighted by Crippen LogP contribution is -2.54. The number of carboxylic acid groups (broad SMARTS) is 1. The largest absolute Gasteiger partial charge is 0.477 e. The summed E-state index contributed by atoms with van der Waals surface area (Å²) in [6.45, 7) is 1.35. The van der Waals surface area contributed by atoms with E-state index in [1.807, 2.05) is 0 Å². The molecule has 0 aromatic rings. The van der Waals surface area contributed by atoms with Crippen LogP contribution in [-0.4, -0.2) is 34.5 Å². The summed E-state index contributed by atoms with van der Waals surface area (Å²) in [7, 11) is 0. The Morgan fingerprint density at radius 2 is 1.56 bits per heavy atom. The molecule has 1 N–H and O–H groups in total. The third-order valence-corrected chi connectivity index (χ3v) is 2.92. The van der Waals surface area contributed by atoms with Gasteiger partial charge in [-0.05, 0) is 32.6 Å². The number of aliphatic carboxylic acids is 1. The van der Waals surface area contributed by atoms with E-state index in [1.54, 1.807) is 0 Å². The highest BCUT2D eigenvalue weighted by atomic mass is 19.3. The lowest BCUT2D eigenvalue weighted by molar-refractivity contribution is -0.241. The molecule has 4 nitrogen and oxygen atoms in total. The Balaban J connectivity index is 2.85. The number of carbonyl (C=O) groups excluding carboxylic acids is 1. The molecule has 0 unspecified atom stereocenters. The molecule has 8 heteroatoms. The highest BCUT2D eigenvalue weighted by molar-refractivity contribution is 5.89. The second-order valence-corrected chi connectivity index (χ2v) is 4.50. The molecule has 0 bridgehead atoms. The second kappa shape index (κ2) is 4.40. The molecule has 0 aromatic heterocycles. The molecular formula is C10H12F4O4. The summed E-state index contributed by atoms with van der Waals surface area (Å²) in [5.41, 5.74) is -1.23. The van der Waals surface area contributed by atoms with Crippen molar-refractivity contribution in [1.82, 2.24) is 0 Å². The zero-order valence-corrected chi connectivity index (χ0v) is 9.51. The Morgan fingerprint density at radius 3 is 1.94 bits per heavy atom. The molecule has 0 spiro atoms. The van der Waals surface area contributed by atoms with Crippen molar-refractivity contribution in [2.24, 2.45) is 0 Å². The molecule has 1 fully saturated rings. The van der Waals surface area contributed by atoms with Crippen LogP contribution in [0.3, 0.4) is 0 Å². The van der Waals surface area contributed by atoms with Gasteiger partial charge >= 0.3 is 23.8 Å². The van der Waals surface area contributed by atoms with Crippen molar-refractivity contribution in [3.8, 4) is 0 Å². The smallest absolute Gasteiger partial charge is 0.415 e. The standard InChI is InChI=1S/C10H12F4O4/c1-8(4-2-3-5-8)18-7(17)10(13,14)9(11,12)6(15)16/h2-5H2,1H3,(H,15,16). The van der Waals surface area contributed by atoms with Crippen LogP contribution in [0.25, 0.3) is 0 Å². The molecule has 0 aliphatic heterocycles. The number of ether oxygens (including phenoxy) is 1. The normalized spacial score (nSPS) is 19.6. The lowest BCUT2D eigenvalue weighted by atomic mass is 10.1. The number of halogens is 4. The van der Waals surface area contributed by atoms with Gasteiger partial charge in [0.2, 0.25) is 0 Å². The Labute approximate surface area is 99.9 Å². The summed E-state index contributed by atoms with van der Waals surface area (Å²) in [4.78, 5) is 21.1. The van der Waals surface area contributed by atoms with Crippen molar-refractivity contribution in [2.75, 3.05) is 0 Å². The first-order chi connectivity index (χ1) is 8.03. The Morgan fingerprint density at radius 1 is 1.11 bits per heavy atom. The molecule has 0 radical (unpaired) electrons. The minimum absolute atomic E-state index is 0.285. The van der Waals surface area contributed by atoms with E-state index < -0.39 is 29.4 Å². The first kappa shape index (κ1) is 14.7. The van der Waals surface area contributed by atoms with Gasteiger partial charge in [0.25, 0.3) is 0 Å². The summed E-state index contributed by atoms with van der Waals surface area (Å²) < 4.78 is 55.9. The third kappa shape index (κ3) is 2.41. The first-order valence-electron chi connectivity index (χ1n) is 5.25. The predicted molar refractivity (Wildman–Crippen MR) is 50.5 cm³/mol. The van der Waals surface area contributed by atoms with Gasteiger partial charge in [-0.3, -0.25) is 0 Å². The minimum Gasteiger partial charge on any atom is -0.477 e. The molecule has 1 rings (SSSR count). The number of esters is 1. The Kier molecular flexibility index (Phi) is 3.60. The van der Waals surface area contributed by atoms with Crippen LogP contribution in [0.5, 0.6) is 0 Å². The van der Waals surface area contributed by atoms with Gasteiger partial charge in [-0.1, -0.05) is 0 Å².